The van der Waals surface area contributed by atoms with Crippen LogP contribution in [-0.4, -0.2) is 5.78 Å². The van der Waals surface area contributed by atoms with Crippen molar-refractivity contribution < 1.29 is 9.18 Å². The molecule has 1 rings (SSSR count). The molecule has 0 aliphatic rings. The molecule has 100 valence electrons. The summed E-state index contributed by atoms with van der Waals surface area (Å²) in [4.78, 5) is 11.8. The molecule has 0 heterocycles. The zero-order valence-electron chi connectivity index (χ0n) is 10.8. The number of halogens is 2. The Morgan fingerprint density at radius 3 is 2.50 bits per heavy atom. The number of rotatable bonds is 8. The summed E-state index contributed by atoms with van der Waals surface area (Å²) >= 11 is 5.65. The van der Waals surface area contributed by atoms with Crippen molar-refractivity contribution in [3.8, 4) is 0 Å². The molecule has 0 fully saturated rings. The fourth-order valence-corrected chi connectivity index (χ4v) is 2.06. The van der Waals surface area contributed by atoms with Crippen LogP contribution in [-0.2, 0) is 0 Å². The third-order valence-electron chi connectivity index (χ3n) is 3.00. The minimum Gasteiger partial charge on any atom is -0.294 e. The molecule has 1 aromatic carbocycles. The molecule has 0 saturated carbocycles. The molecule has 0 N–H and O–H groups in total. The van der Waals surface area contributed by atoms with Gasteiger partial charge in [-0.05, 0) is 24.6 Å². The maximum Gasteiger partial charge on any atom is 0.162 e. The number of benzene rings is 1. The molecule has 1 nitrogen and oxygen atoms in total. The molecular weight excluding hydrogens is 251 g/mol. The summed E-state index contributed by atoms with van der Waals surface area (Å²) in [6, 6.07) is 4.16. The SMILES string of the molecule is CCCCCCCCC(=O)c1ccc(F)c(Cl)c1. The highest BCUT2D eigenvalue weighted by Crippen LogP contribution is 2.18. The number of unbranched alkanes of at least 4 members (excludes halogenated alkanes) is 5. The summed E-state index contributed by atoms with van der Waals surface area (Å²) in [5.41, 5.74) is 0.509. The van der Waals surface area contributed by atoms with Crippen LogP contribution in [0, 0.1) is 5.82 Å². The van der Waals surface area contributed by atoms with Crippen molar-refractivity contribution in [2.75, 3.05) is 0 Å². The molecule has 18 heavy (non-hydrogen) atoms. The van der Waals surface area contributed by atoms with E-state index in [4.69, 9.17) is 11.6 Å². The van der Waals surface area contributed by atoms with Crippen molar-refractivity contribution in [3.63, 3.8) is 0 Å². The molecule has 1 aromatic rings. The van der Waals surface area contributed by atoms with Crippen LogP contribution in [0.4, 0.5) is 4.39 Å². The van der Waals surface area contributed by atoms with E-state index in [1.807, 2.05) is 0 Å². The van der Waals surface area contributed by atoms with Gasteiger partial charge in [-0.25, -0.2) is 4.39 Å². The first-order valence-electron chi connectivity index (χ1n) is 6.63. The van der Waals surface area contributed by atoms with E-state index in [0.29, 0.717) is 12.0 Å². The van der Waals surface area contributed by atoms with Crippen LogP contribution in [0.2, 0.25) is 5.02 Å². The number of Topliss-reactive ketones (excluding diaryl/α,β-unsaturated/α-hetero) is 1. The summed E-state index contributed by atoms with van der Waals surface area (Å²) in [7, 11) is 0. The second kappa shape index (κ2) is 8.25. The molecule has 0 aliphatic heterocycles. The van der Waals surface area contributed by atoms with Gasteiger partial charge in [0.15, 0.2) is 5.78 Å². The zero-order valence-corrected chi connectivity index (χ0v) is 11.6. The van der Waals surface area contributed by atoms with Crippen LogP contribution in [0.15, 0.2) is 18.2 Å². The van der Waals surface area contributed by atoms with Crippen LogP contribution in [0.5, 0.6) is 0 Å². The second-order valence-electron chi connectivity index (χ2n) is 4.57. The maximum atomic E-state index is 12.9. The number of hydrogen-bond donors (Lipinski definition) is 0. The molecule has 0 bridgehead atoms. The highest BCUT2D eigenvalue weighted by Gasteiger charge is 2.08. The Morgan fingerprint density at radius 1 is 1.17 bits per heavy atom. The molecule has 0 radical (unpaired) electrons. The van der Waals surface area contributed by atoms with Gasteiger partial charge in [0.25, 0.3) is 0 Å². The normalized spacial score (nSPS) is 10.6. The Bertz CT molecular complexity index is 390. The third kappa shape index (κ3) is 5.18. The van der Waals surface area contributed by atoms with Crippen LogP contribution < -0.4 is 0 Å². The molecule has 0 aliphatic carbocycles. The number of carbonyl (C=O) groups is 1. The van der Waals surface area contributed by atoms with E-state index in [0.717, 1.165) is 12.8 Å². The lowest BCUT2D eigenvalue weighted by Gasteiger charge is -2.03. The number of carbonyl (C=O) groups excluding carboxylic acids is 1. The van der Waals surface area contributed by atoms with E-state index in [1.54, 1.807) is 0 Å². The third-order valence-corrected chi connectivity index (χ3v) is 3.29. The minimum atomic E-state index is -0.479. The van der Waals surface area contributed by atoms with Crippen LogP contribution in [0.1, 0.15) is 62.2 Å². The smallest absolute Gasteiger partial charge is 0.162 e. The highest BCUT2D eigenvalue weighted by atomic mass is 35.5. The maximum absolute atomic E-state index is 12.9. The fraction of sp³-hybridized carbons (Fsp3) is 0.533. The first-order chi connectivity index (χ1) is 8.65. The quantitative estimate of drug-likeness (QED) is 0.456. The van der Waals surface area contributed by atoms with E-state index < -0.39 is 5.82 Å². The Kier molecular flexibility index (Phi) is 6.96. The van der Waals surface area contributed by atoms with E-state index in [1.165, 1.54) is 43.9 Å². The summed E-state index contributed by atoms with van der Waals surface area (Å²) in [5, 5.41) is 0.0174. The summed E-state index contributed by atoms with van der Waals surface area (Å²) in [5.74, 6) is -0.430. The van der Waals surface area contributed by atoms with Gasteiger partial charge in [0.1, 0.15) is 5.82 Å². The first kappa shape index (κ1) is 15.2. The predicted octanol–water partition coefficient (Wildman–Crippen LogP) is 5.41. The minimum absolute atomic E-state index is 0.0174. The number of hydrogen-bond acceptors (Lipinski definition) is 1. The summed E-state index contributed by atoms with van der Waals surface area (Å²) in [6.07, 6.45) is 7.43. The van der Waals surface area contributed by atoms with Gasteiger partial charge < -0.3 is 0 Å². The van der Waals surface area contributed by atoms with Crippen molar-refractivity contribution in [3.05, 3.63) is 34.6 Å². The Morgan fingerprint density at radius 2 is 1.83 bits per heavy atom. The Hall–Kier alpha value is -0.890. The Balaban J connectivity index is 2.30. The largest absolute Gasteiger partial charge is 0.294 e. The van der Waals surface area contributed by atoms with Crippen molar-refractivity contribution in [1.82, 2.24) is 0 Å². The predicted molar refractivity (Wildman–Crippen MR) is 73.7 cm³/mol. The van der Waals surface area contributed by atoms with Crippen LogP contribution in [0.25, 0.3) is 0 Å². The van der Waals surface area contributed by atoms with Gasteiger partial charge in [-0.2, -0.15) is 0 Å². The van der Waals surface area contributed by atoms with Gasteiger partial charge in [-0.1, -0.05) is 50.6 Å². The molecule has 0 spiro atoms. The van der Waals surface area contributed by atoms with Crippen LogP contribution in [0.3, 0.4) is 0 Å². The van der Waals surface area contributed by atoms with Crippen molar-refractivity contribution in [2.24, 2.45) is 0 Å². The molecule has 0 atom stereocenters. The Labute approximate surface area is 113 Å². The highest BCUT2D eigenvalue weighted by molar-refractivity contribution is 6.31. The summed E-state index contributed by atoms with van der Waals surface area (Å²) < 4.78 is 12.9. The number of ketones is 1. The average Bonchev–Trinajstić information content (AvgIpc) is 2.36. The first-order valence-corrected chi connectivity index (χ1v) is 7.01. The second-order valence-corrected chi connectivity index (χ2v) is 4.98. The molecule has 0 aromatic heterocycles. The van der Waals surface area contributed by atoms with Crippen molar-refractivity contribution >= 4 is 17.4 Å². The van der Waals surface area contributed by atoms with Crippen molar-refractivity contribution in [1.29, 1.82) is 0 Å². The topological polar surface area (TPSA) is 17.1 Å². The van der Waals surface area contributed by atoms with Gasteiger partial charge >= 0.3 is 0 Å². The van der Waals surface area contributed by atoms with E-state index >= 15 is 0 Å². The molecule has 0 saturated heterocycles. The van der Waals surface area contributed by atoms with Crippen molar-refractivity contribution in [2.45, 2.75) is 51.9 Å². The van der Waals surface area contributed by atoms with Gasteiger partial charge in [0, 0.05) is 12.0 Å². The molecule has 0 amide bonds. The molecule has 3 heteroatoms. The average molecular weight is 271 g/mol. The van der Waals surface area contributed by atoms with Gasteiger partial charge in [0.2, 0.25) is 0 Å². The van der Waals surface area contributed by atoms with Gasteiger partial charge in [0.05, 0.1) is 5.02 Å². The lowest BCUT2D eigenvalue weighted by Crippen LogP contribution is -1.99. The standard InChI is InChI=1S/C15H20ClFO/c1-2-3-4-5-6-7-8-15(18)12-9-10-14(17)13(16)11-12/h9-11H,2-8H2,1H3. The van der Waals surface area contributed by atoms with E-state index in [2.05, 4.69) is 6.92 Å². The molecule has 0 unspecified atom stereocenters. The lowest BCUT2D eigenvalue weighted by atomic mass is 10.0. The van der Waals surface area contributed by atoms with E-state index in [-0.39, 0.29) is 10.8 Å². The zero-order chi connectivity index (χ0) is 13.4. The van der Waals surface area contributed by atoms with E-state index in [9.17, 15) is 9.18 Å². The van der Waals surface area contributed by atoms with Crippen LogP contribution >= 0.6 is 11.6 Å². The fourth-order valence-electron chi connectivity index (χ4n) is 1.88. The summed E-state index contributed by atoms with van der Waals surface area (Å²) in [6.45, 7) is 2.18. The van der Waals surface area contributed by atoms with Gasteiger partial charge in [-0.3, -0.25) is 4.79 Å². The van der Waals surface area contributed by atoms with Gasteiger partial charge in [-0.15, -0.1) is 0 Å². The monoisotopic (exact) mass is 270 g/mol. The lowest BCUT2D eigenvalue weighted by molar-refractivity contribution is 0.0979. The molecular formula is C15H20ClFO.